The normalized spacial score (nSPS) is 11.7. The van der Waals surface area contributed by atoms with E-state index >= 15 is 0 Å². The van der Waals surface area contributed by atoms with Gasteiger partial charge in [0.15, 0.2) is 0 Å². The molecule has 0 unspecified atom stereocenters. The van der Waals surface area contributed by atoms with E-state index in [0.717, 1.165) is 11.1 Å². The molecule has 0 atom stereocenters. The topological polar surface area (TPSA) is 25.8 Å². The zero-order valence-corrected chi connectivity index (χ0v) is 14.9. The number of hydrogen-bond acceptors (Lipinski definition) is 3. The molecule has 1 heterocycles. The average Bonchev–Trinajstić information content (AvgIpc) is 2.37. The van der Waals surface area contributed by atoms with E-state index in [9.17, 15) is 0 Å². The van der Waals surface area contributed by atoms with Crippen molar-refractivity contribution >= 4 is 35.0 Å². The largest absolute Gasteiger partial charge is 0.220 e. The molecule has 2 rings (SSSR count). The Bertz CT molecular complexity index is 628. The van der Waals surface area contributed by atoms with Crippen LogP contribution in [0, 0.1) is 6.92 Å². The number of rotatable bonds is 3. The van der Waals surface area contributed by atoms with Gasteiger partial charge in [-0.15, -0.1) is 11.8 Å². The summed E-state index contributed by atoms with van der Waals surface area (Å²) in [6, 6.07) is 7.94. The number of thioether (sulfide) groups is 1. The highest BCUT2D eigenvalue weighted by molar-refractivity contribution is 7.99. The highest BCUT2D eigenvalue weighted by Gasteiger charge is 2.17. The molecule has 0 amide bonds. The van der Waals surface area contributed by atoms with Crippen molar-refractivity contribution in [3.8, 4) is 11.1 Å². The van der Waals surface area contributed by atoms with E-state index in [1.165, 1.54) is 0 Å². The van der Waals surface area contributed by atoms with Crippen LogP contribution in [-0.4, -0.2) is 14.7 Å². The Hall–Kier alpha value is -0.770. The SMILES string of the molecule is Cc1ccccc1-c1c(Cl)nc(CSC(C)(C)C)nc1Cl. The zero-order chi connectivity index (χ0) is 15.6. The molecule has 112 valence electrons. The molecule has 0 saturated carbocycles. The molecule has 0 N–H and O–H groups in total. The third kappa shape index (κ3) is 4.35. The molecule has 0 fully saturated rings. The maximum Gasteiger partial charge on any atom is 0.142 e. The van der Waals surface area contributed by atoms with Gasteiger partial charge in [-0.1, -0.05) is 68.2 Å². The van der Waals surface area contributed by atoms with Crippen LogP contribution < -0.4 is 0 Å². The molecule has 2 aromatic rings. The standard InChI is InChI=1S/C16H18Cl2N2S/c1-10-7-5-6-8-11(10)13-14(17)19-12(20-15(13)18)9-21-16(2,3)4/h5-8H,9H2,1-4H3. The Labute approximate surface area is 140 Å². The van der Waals surface area contributed by atoms with Gasteiger partial charge in [-0.2, -0.15) is 0 Å². The van der Waals surface area contributed by atoms with Crippen LogP contribution in [0.5, 0.6) is 0 Å². The lowest BCUT2D eigenvalue weighted by Crippen LogP contribution is -2.09. The second kappa shape index (κ2) is 6.55. The number of halogens is 2. The fourth-order valence-electron chi connectivity index (χ4n) is 1.87. The summed E-state index contributed by atoms with van der Waals surface area (Å²) in [6.45, 7) is 8.49. The maximum atomic E-state index is 6.35. The Morgan fingerprint density at radius 1 is 1.05 bits per heavy atom. The average molecular weight is 341 g/mol. The van der Waals surface area contributed by atoms with Gasteiger partial charge in [0, 0.05) is 4.75 Å². The predicted molar refractivity (Wildman–Crippen MR) is 93.3 cm³/mol. The highest BCUT2D eigenvalue weighted by atomic mass is 35.5. The molecule has 0 aliphatic carbocycles. The summed E-state index contributed by atoms with van der Waals surface area (Å²) < 4.78 is 0.150. The second-order valence-electron chi connectivity index (χ2n) is 5.81. The van der Waals surface area contributed by atoms with Crippen molar-refractivity contribution in [1.82, 2.24) is 9.97 Å². The van der Waals surface area contributed by atoms with Crippen LogP contribution in [0.25, 0.3) is 11.1 Å². The van der Waals surface area contributed by atoms with Crippen molar-refractivity contribution in [3.63, 3.8) is 0 Å². The summed E-state index contributed by atoms with van der Waals surface area (Å²) in [4.78, 5) is 8.81. The van der Waals surface area contributed by atoms with Gasteiger partial charge in [-0.05, 0) is 18.1 Å². The van der Waals surface area contributed by atoms with Gasteiger partial charge < -0.3 is 0 Å². The van der Waals surface area contributed by atoms with E-state index in [1.807, 2.05) is 31.2 Å². The van der Waals surface area contributed by atoms with E-state index in [0.29, 0.717) is 27.4 Å². The molecule has 21 heavy (non-hydrogen) atoms. The molecule has 0 aliphatic rings. The maximum absolute atomic E-state index is 6.35. The third-order valence-corrected chi connectivity index (χ3v) is 4.73. The number of nitrogens with zero attached hydrogens (tertiary/aromatic N) is 2. The number of aryl methyl sites for hydroxylation is 1. The van der Waals surface area contributed by atoms with Crippen LogP contribution in [0.3, 0.4) is 0 Å². The Balaban J connectivity index is 2.37. The molecule has 2 nitrogen and oxygen atoms in total. The van der Waals surface area contributed by atoms with Gasteiger partial charge in [-0.3, -0.25) is 0 Å². The lowest BCUT2D eigenvalue weighted by atomic mass is 10.0. The minimum atomic E-state index is 0.150. The van der Waals surface area contributed by atoms with Gasteiger partial charge in [-0.25, -0.2) is 9.97 Å². The minimum absolute atomic E-state index is 0.150. The summed E-state index contributed by atoms with van der Waals surface area (Å²) >= 11 is 14.5. The van der Waals surface area contributed by atoms with Crippen LogP contribution in [0.4, 0.5) is 0 Å². The molecular weight excluding hydrogens is 323 g/mol. The summed E-state index contributed by atoms with van der Waals surface area (Å²) in [5.74, 6) is 1.36. The second-order valence-corrected chi connectivity index (χ2v) is 8.33. The van der Waals surface area contributed by atoms with Crippen LogP contribution >= 0.6 is 35.0 Å². The van der Waals surface area contributed by atoms with E-state index < -0.39 is 0 Å². The van der Waals surface area contributed by atoms with Crippen LogP contribution in [0.15, 0.2) is 24.3 Å². The molecule has 0 spiro atoms. The van der Waals surface area contributed by atoms with Crippen LogP contribution in [0.2, 0.25) is 10.3 Å². The molecule has 0 aliphatic heterocycles. The van der Waals surface area contributed by atoms with E-state index in [1.54, 1.807) is 11.8 Å². The van der Waals surface area contributed by atoms with Crippen molar-refractivity contribution < 1.29 is 0 Å². The molecule has 1 aromatic heterocycles. The lowest BCUT2D eigenvalue weighted by molar-refractivity contribution is 0.800. The fraction of sp³-hybridized carbons (Fsp3) is 0.375. The minimum Gasteiger partial charge on any atom is -0.220 e. The molecule has 0 radical (unpaired) electrons. The third-order valence-electron chi connectivity index (χ3n) is 2.92. The first-order chi connectivity index (χ1) is 9.78. The lowest BCUT2D eigenvalue weighted by Gasteiger charge is -2.17. The van der Waals surface area contributed by atoms with E-state index in [-0.39, 0.29) is 4.75 Å². The van der Waals surface area contributed by atoms with Crippen LogP contribution in [0.1, 0.15) is 32.2 Å². The molecular formula is C16H18Cl2N2S. The molecule has 0 saturated heterocycles. The Morgan fingerprint density at radius 3 is 2.14 bits per heavy atom. The summed E-state index contributed by atoms with van der Waals surface area (Å²) in [7, 11) is 0. The Kier molecular flexibility index (Phi) is 5.18. The number of hydrogen-bond donors (Lipinski definition) is 0. The summed E-state index contributed by atoms with van der Waals surface area (Å²) in [5.41, 5.74) is 2.78. The molecule has 1 aromatic carbocycles. The molecule has 5 heteroatoms. The van der Waals surface area contributed by atoms with E-state index in [4.69, 9.17) is 23.2 Å². The van der Waals surface area contributed by atoms with Crippen molar-refractivity contribution in [3.05, 3.63) is 46.0 Å². The Morgan fingerprint density at radius 2 is 1.62 bits per heavy atom. The van der Waals surface area contributed by atoms with Gasteiger partial charge >= 0.3 is 0 Å². The first-order valence-corrected chi connectivity index (χ1v) is 8.44. The number of benzene rings is 1. The van der Waals surface area contributed by atoms with Crippen molar-refractivity contribution in [2.24, 2.45) is 0 Å². The van der Waals surface area contributed by atoms with Crippen molar-refractivity contribution in [1.29, 1.82) is 0 Å². The van der Waals surface area contributed by atoms with Gasteiger partial charge in [0.05, 0.1) is 11.3 Å². The zero-order valence-electron chi connectivity index (χ0n) is 12.6. The smallest absolute Gasteiger partial charge is 0.142 e. The summed E-state index contributed by atoms with van der Waals surface area (Å²) in [5, 5.41) is 0.822. The van der Waals surface area contributed by atoms with Gasteiger partial charge in [0.1, 0.15) is 16.1 Å². The summed E-state index contributed by atoms with van der Waals surface area (Å²) in [6.07, 6.45) is 0. The fourth-order valence-corrected chi connectivity index (χ4v) is 3.19. The monoisotopic (exact) mass is 340 g/mol. The quantitative estimate of drug-likeness (QED) is 0.661. The van der Waals surface area contributed by atoms with Crippen molar-refractivity contribution in [2.45, 2.75) is 38.2 Å². The van der Waals surface area contributed by atoms with Gasteiger partial charge in [0.25, 0.3) is 0 Å². The first-order valence-electron chi connectivity index (χ1n) is 6.70. The predicted octanol–water partition coefficient (Wildman–Crippen LogP) is 5.79. The van der Waals surface area contributed by atoms with Crippen LogP contribution in [-0.2, 0) is 5.75 Å². The first kappa shape index (κ1) is 16.6. The van der Waals surface area contributed by atoms with Gasteiger partial charge in [0.2, 0.25) is 0 Å². The molecule has 0 bridgehead atoms. The number of aromatic nitrogens is 2. The van der Waals surface area contributed by atoms with Crippen molar-refractivity contribution in [2.75, 3.05) is 0 Å². The van der Waals surface area contributed by atoms with E-state index in [2.05, 4.69) is 30.7 Å². The highest BCUT2D eigenvalue weighted by Crippen LogP contribution is 2.35.